The summed E-state index contributed by atoms with van der Waals surface area (Å²) < 4.78 is 32.5. The highest BCUT2D eigenvalue weighted by atomic mass is 32.2. The SMILES string of the molecule is N#CCC(=O)Nc1ccc(C(=O)Nc2cccc(S(=O)(=O)NCc3ccco3)c2)cc1. The van der Waals surface area contributed by atoms with Crippen molar-refractivity contribution in [2.24, 2.45) is 0 Å². The largest absolute Gasteiger partial charge is 0.468 e. The van der Waals surface area contributed by atoms with Gasteiger partial charge in [0.25, 0.3) is 5.91 Å². The van der Waals surface area contributed by atoms with Crippen molar-refractivity contribution in [2.75, 3.05) is 10.6 Å². The van der Waals surface area contributed by atoms with Gasteiger partial charge in [-0.25, -0.2) is 13.1 Å². The molecule has 158 valence electrons. The minimum Gasteiger partial charge on any atom is -0.468 e. The molecular formula is C21H18N4O5S. The maximum absolute atomic E-state index is 12.5. The van der Waals surface area contributed by atoms with E-state index in [1.807, 2.05) is 0 Å². The number of carbonyl (C=O) groups excluding carboxylic acids is 2. The summed E-state index contributed by atoms with van der Waals surface area (Å²) >= 11 is 0. The summed E-state index contributed by atoms with van der Waals surface area (Å²) in [4.78, 5) is 23.9. The number of hydrogen-bond acceptors (Lipinski definition) is 6. The van der Waals surface area contributed by atoms with E-state index in [4.69, 9.17) is 9.68 Å². The number of rotatable bonds is 8. The first-order valence-electron chi connectivity index (χ1n) is 9.08. The average Bonchev–Trinajstić information content (AvgIpc) is 3.27. The van der Waals surface area contributed by atoms with Gasteiger partial charge in [-0.3, -0.25) is 9.59 Å². The first-order chi connectivity index (χ1) is 14.9. The Labute approximate surface area is 178 Å². The van der Waals surface area contributed by atoms with Crippen molar-refractivity contribution < 1.29 is 22.4 Å². The molecule has 9 nitrogen and oxygen atoms in total. The van der Waals surface area contributed by atoms with E-state index in [9.17, 15) is 18.0 Å². The van der Waals surface area contributed by atoms with E-state index in [1.165, 1.54) is 48.7 Å². The normalized spacial score (nSPS) is 10.8. The van der Waals surface area contributed by atoms with Crippen molar-refractivity contribution in [3.8, 4) is 6.07 Å². The lowest BCUT2D eigenvalue weighted by Gasteiger charge is -2.09. The van der Waals surface area contributed by atoms with E-state index in [0.717, 1.165) is 0 Å². The van der Waals surface area contributed by atoms with E-state index >= 15 is 0 Å². The summed E-state index contributed by atoms with van der Waals surface area (Å²) in [5.74, 6) is -0.424. The molecule has 3 N–H and O–H groups in total. The monoisotopic (exact) mass is 438 g/mol. The summed E-state index contributed by atoms with van der Waals surface area (Å²) in [5, 5.41) is 13.7. The predicted octanol–water partition coefficient (Wildman–Crippen LogP) is 2.86. The number of carbonyl (C=O) groups is 2. The van der Waals surface area contributed by atoms with Gasteiger partial charge in [0.05, 0.1) is 23.8 Å². The molecule has 0 unspecified atom stereocenters. The topological polar surface area (TPSA) is 141 Å². The number of furan rings is 1. The molecule has 10 heteroatoms. The van der Waals surface area contributed by atoms with Crippen LogP contribution >= 0.6 is 0 Å². The Hall–Kier alpha value is -3.94. The van der Waals surface area contributed by atoms with Crippen LogP contribution in [-0.4, -0.2) is 20.2 Å². The van der Waals surface area contributed by atoms with Crippen molar-refractivity contribution in [1.82, 2.24) is 4.72 Å². The zero-order valence-corrected chi connectivity index (χ0v) is 17.0. The minimum absolute atomic E-state index is 0.00315. The van der Waals surface area contributed by atoms with Crippen LogP contribution in [0.15, 0.2) is 76.2 Å². The fourth-order valence-electron chi connectivity index (χ4n) is 2.59. The highest BCUT2D eigenvalue weighted by Crippen LogP contribution is 2.18. The van der Waals surface area contributed by atoms with Gasteiger partial charge in [-0.1, -0.05) is 6.07 Å². The van der Waals surface area contributed by atoms with E-state index in [1.54, 1.807) is 24.3 Å². The maximum atomic E-state index is 12.5. The number of benzene rings is 2. The Morgan fingerprint density at radius 1 is 0.968 bits per heavy atom. The summed E-state index contributed by atoms with van der Waals surface area (Å²) in [7, 11) is -3.81. The van der Waals surface area contributed by atoms with Gasteiger partial charge in [-0.05, 0) is 54.6 Å². The summed E-state index contributed by atoms with van der Waals surface area (Å²) in [6.45, 7) is 0.00315. The number of amides is 2. The summed E-state index contributed by atoms with van der Waals surface area (Å²) in [6.07, 6.45) is 1.18. The van der Waals surface area contributed by atoms with Crippen LogP contribution < -0.4 is 15.4 Å². The highest BCUT2D eigenvalue weighted by Gasteiger charge is 2.16. The van der Waals surface area contributed by atoms with Gasteiger partial charge in [0, 0.05) is 16.9 Å². The Kier molecular flexibility index (Phi) is 6.81. The van der Waals surface area contributed by atoms with E-state index in [0.29, 0.717) is 22.7 Å². The van der Waals surface area contributed by atoms with Gasteiger partial charge in [-0.15, -0.1) is 0 Å². The molecule has 2 aromatic carbocycles. The molecule has 0 fully saturated rings. The zero-order chi connectivity index (χ0) is 22.3. The molecule has 3 rings (SSSR count). The van der Waals surface area contributed by atoms with E-state index in [2.05, 4.69) is 15.4 Å². The van der Waals surface area contributed by atoms with Gasteiger partial charge >= 0.3 is 0 Å². The molecule has 1 heterocycles. The quantitative estimate of drug-likeness (QED) is 0.494. The van der Waals surface area contributed by atoms with Crippen LogP contribution in [0.3, 0.4) is 0 Å². The lowest BCUT2D eigenvalue weighted by molar-refractivity contribution is -0.115. The van der Waals surface area contributed by atoms with Crippen LogP contribution in [-0.2, 0) is 21.4 Å². The van der Waals surface area contributed by atoms with Gasteiger partial charge in [0.15, 0.2) is 0 Å². The third kappa shape index (κ3) is 6.02. The number of nitrogens with zero attached hydrogens (tertiary/aromatic N) is 1. The molecular weight excluding hydrogens is 420 g/mol. The number of nitriles is 1. The third-order valence-electron chi connectivity index (χ3n) is 4.09. The number of anilines is 2. The first kappa shape index (κ1) is 21.8. The standard InChI is InChI=1S/C21H18N4O5S/c22-11-10-20(26)24-16-8-6-15(7-9-16)21(27)25-17-3-1-5-19(13-17)31(28,29)23-14-18-4-2-12-30-18/h1-9,12-13,23H,10,14H2,(H,24,26)(H,25,27). The molecule has 0 spiro atoms. The van der Waals surface area contributed by atoms with Crippen molar-refractivity contribution >= 4 is 33.2 Å². The molecule has 3 aromatic rings. The Balaban J connectivity index is 1.65. The van der Waals surface area contributed by atoms with Gasteiger partial charge in [0.1, 0.15) is 12.2 Å². The fraction of sp³-hybridized carbons (Fsp3) is 0.0952. The number of sulfonamides is 1. The first-order valence-corrected chi connectivity index (χ1v) is 10.6. The van der Waals surface area contributed by atoms with Crippen LogP contribution in [0.1, 0.15) is 22.5 Å². The Morgan fingerprint density at radius 2 is 1.74 bits per heavy atom. The molecule has 0 bridgehead atoms. The van der Waals surface area contributed by atoms with Crippen LogP contribution in [0, 0.1) is 11.3 Å². The molecule has 0 radical (unpaired) electrons. The predicted molar refractivity (Wildman–Crippen MR) is 112 cm³/mol. The molecule has 31 heavy (non-hydrogen) atoms. The fourth-order valence-corrected chi connectivity index (χ4v) is 3.63. The lowest BCUT2D eigenvalue weighted by Crippen LogP contribution is -2.23. The zero-order valence-electron chi connectivity index (χ0n) is 16.2. The second-order valence-electron chi connectivity index (χ2n) is 6.35. The molecule has 0 aliphatic carbocycles. The highest BCUT2D eigenvalue weighted by molar-refractivity contribution is 7.89. The van der Waals surface area contributed by atoms with Crippen LogP contribution in [0.5, 0.6) is 0 Å². The van der Waals surface area contributed by atoms with Crippen molar-refractivity contribution in [3.63, 3.8) is 0 Å². The molecule has 0 saturated heterocycles. The number of nitrogens with one attached hydrogen (secondary N) is 3. The van der Waals surface area contributed by atoms with Gasteiger partial charge in [0.2, 0.25) is 15.9 Å². The van der Waals surface area contributed by atoms with Crippen LogP contribution in [0.4, 0.5) is 11.4 Å². The average molecular weight is 438 g/mol. The maximum Gasteiger partial charge on any atom is 0.255 e. The second kappa shape index (κ2) is 9.71. The van der Waals surface area contributed by atoms with Crippen molar-refractivity contribution in [2.45, 2.75) is 17.9 Å². The third-order valence-corrected chi connectivity index (χ3v) is 5.49. The Bertz CT molecular complexity index is 1210. The van der Waals surface area contributed by atoms with Crippen molar-refractivity contribution in [3.05, 3.63) is 78.3 Å². The van der Waals surface area contributed by atoms with Crippen LogP contribution in [0.25, 0.3) is 0 Å². The molecule has 2 amide bonds. The van der Waals surface area contributed by atoms with E-state index in [-0.39, 0.29) is 17.9 Å². The minimum atomic E-state index is -3.81. The molecule has 0 aliphatic heterocycles. The molecule has 0 saturated carbocycles. The number of hydrogen-bond donors (Lipinski definition) is 3. The molecule has 1 aromatic heterocycles. The smallest absolute Gasteiger partial charge is 0.255 e. The second-order valence-corrected chi connectivity index (χ2v) is 8.11. The van der Waals surface area contributed by atoms with E-state index < -0.39 is 21.8 Å². The lowest BCUT2D eigenvalue weighted by atomic mass is 10.2. The molecule has 0 aliphatic rings. The van der Waals surface area contributed by atoms with Crippen LogP contribution in [0.2, 0.25) is 0 Å². The molecule has 0 atom stereocenters. The van der Waals surface area contributed by atoms with Crippen molar-refractivity contribution in [1.29, 1.82) is 5.26 Å². The van der Waals surface area contributed by atoms with Gasteiger partial charge < -0.3 is 15.1 Å². The van der Waals surface area contributed by atoms with Gasteiger partial charge in [-0.2, -0.15) is 5.26 Å². The summed E-state index contributed by atoms with van der Waals surface area (Å²) in [6, 6.07) is 17.0. The summed E-state index contributed by atoms with van der Waals surface area (Å²) in [5.41, 5.74) is 1.06. The Morgan fingerprint density at radius 3 is 2.42 bits per heavy atom.